The zero-order valence-corrected chi connectivity index (χ0v) is 11.3. The van der Waals surface area contributed by atoms with Gasteiger partial charge in [-0.15, -0.1) is 0 Å². The molecule has 0 aliphatic carbocycles. The number of aryl methyl sites for hydroxylation is 1. The van der Waals surface area contributed by atoms with Gasteiger partial charge in [0.2, 0.25) is 0 Å². The maximum atomic E-state index is 11.1. The monoisotopic (exact) mass is 287 g/mol. The summed E-state index contributed by atoms with van der Waals surface area (Å²) in [5, 5.41) is 16.4. The van der Waals surface area contributed by atoms with Crippen LogP contribution in [0, 0.1) is 10.1 Å². The van der Waals surface area contributed by atoms with Gasteiger partial charge in [-0.1, -0.05) is 23.7 Å². The molecule has 20 heavy (non-hydrogen) atoms. The lowest BCUT2D eigenvalue weighted by Gasteiger charge is -2.06. The molecule has 0 amide bonds. The fraction of sp³-hybridized carbons (Fsp3) is 0.0714. The number of nitro groups is 1. The molecule has 3 aromatic rings. The van der Waals surface area contributed by atoms with E-state index in [2.05, 4.69) is 5.10 Å². The smallest absolute Gasteiger partial charge is 0.267 e. The largest absolute Gasteiger partial charge is 0.280 e. The first-order valence-corrected chi connectivity index (χ1v) is 6.31. The lowest BCUT2D eigenvalue weighted by Crippen LogP contribution is -1.94. The summed E-state index contributed by atoms with van der Waals surface area (Å²) in [5.41, 5.74) is 2.63. The van der Waals surface area contributed by atoms with Crippen LogP contribution in [0.1, 0.15) is 0 Å². The van der Waals surface area contributed by atoms with Crippen molar-refractivity contribution in [1.82, 2.24) is 9.78 Å². The Kier molecular flexibility index (Phi) is 2.91. The molecular formula is C14H10ClN3O2. The number of nitro benzene ring substituents is 1. The Balaban J connectivity index is 2.32. The second kappa shape index (κ2) is 4.61. The van der Waals surface area contributed by atoms with Crippen molar-refractivity contribution in [2.75, 3.05) is 0 Å². The fourth-order valence-corrected chi connectivity index (χ4v) is 2.42. The Hall–Kier alpha value is -2.40. The highest BCUT2D eigenvalue weighted by Gasteiger charge is 2.18. The molecular weight excluding hydrogens is 278 g/mol. The maximum absolute atomic E-state index is 11.1. The van der Waals surface area contributed by atoms with Gasteiger partial charge in [0, 0.05) is 23.7 Å². The van der Waals surface area contributed by atoms with E-state index in [-0.39, 0.29) is 5.69 Å². The molecule has 0 saturated carbocycles. The van der Waals surface area contributed by atoms with Crippen LogP contribution in [0.5, 0.6) is 0 Å². The van der Waals surface area contributed by atoms with Gasteiger partial charge in [0.05, 0.1) is 22.0 Å². The zero-order valence-electron chi connectivity index (χ0n) is 10.6. The summed E-state index contributed by atoms with van der Waals surface area (Å²) in [6.45, 7) is 0. The van der Waals surface area contributed by atoms with Gasteiger partial charge < -0.3 is 0 Å². The Bertz CT molecular complexity index is 809. The number of fused-ring (bicyclic) bond motifs is 1. The molecule has 0 fully saturated rings. The normalized spacial score (nSPS) is 10.9. The number of non-ortho nitro benzene ring substituents is 1. The molecule has 1 heterocycles. The van der Waals surface area contributed by atoms with Gasteiger partial charge in [0.1, 0.15) is 0 Å². The van der Waals surface area contributed by atoms with Crippen molar-refractivity contribution in [1.29, 1.82) is 0 Å². The van der Waals surface area contributed by atoms with Gasteiger partial charge in [0.25, 0.3) is 5.69 Å². The maximum Gasteiger partial charge on any atom is 0.280 e. The highest BCUT2D eigenvalue weighted by Crippen LogP contribution is 2.34. The summed E-state index contributed by atoms with van der Waals surface area (Å²) >= 11 is 5.89. The molecule has 100 valence electrons. The molecule has 0 unspecified atom stereocenters. The van der Waals surface area contributed by atoms with Gasteiger partial charge in [-0.2, -0.15) is 5.10 Å². The standard InChI is InChI=1S/C14H10ClN3O2/c1-17-14-11(9-2-4-10(15)5-3-9)6-7-13(18(19)20)12(14)8-16-17/h2-8H,1H3. The predicted molar refractivity (Wildman–Crippen MR) is 77.8 cm³/mol. The minimum absolute atomic E-state index is 0.0609. The third kappa shape index (κ3) is 1.92. The Morgan fingerprint density at radius 1 is 1.20 bits per heavy atom. The topological polar surface area (TPSA) is 61.0 Å². The van der Waals surface area contributed by atoms with Crippen LogP contribution in [0.3, 0.4) is 0 Å². The highest BCUT2D eigenvalue weighted by atomic mass is 35.5. The molecule has 0 aliphatic rings. The van der Waals surface area contributed by atoms with Crippen LogP contribution in [0.25, 0.3) is 22.0 Å². The van der Waals surface area contributed by atoms with E-state index >= 15 is 0 Å². The van der Waals surface area contributed by atoms with E-state index < -0.39 is 4.92 Å². The average molecular weight is 288 g/mol. The van der Waals surface area contributed by atoms with E-state index in [0.29, 0.717) is 10.4 Å². The Labute approximate surface area is 119 Å². The van der Waals surface area contributed by atoms with E-state index in [9.17, 15) is 10.1 Å². The first-order chi connectivity index (χ1) is 9.58. The summed E-state index contributed by atoms with van der Waals surface area (Å²) in [4.78, 5) is 10.7. The molecule has 5 nitrogen and oxygen atoms in total. The van der Waals surface area contributed by atoms with E-state index in [1.165, 1.54) is 12.3 Å². The SMILES string of the molecule is Cn1ncc2c([N+](=O)[O-])ccc(-c3ccc(Cl)cc3)c21. The number of benzene rings is 2. The molecule has 0 saturated heterocycles. The van der Waals surface area contributed by atoms with E-state index in [1.54, 1.807) is 29.9 Å². The second-order valence-corrected chi connectivity index (χ2v) is 4.86. The van der Waals surface area contributed by atoms with E-state index in [4.69, 9.17) is 11.6 Å². The van der Waals surface area contributed by atoms with Crippen molar-refractivity contribution in [2.24, 2.45) is 7.05 Å². The molecule has 0 bridgehead atoms. The molecule has 2 aromatic carbocycles. The van der Waals surface area contributed by atoms with Gasteiger partial charge in [-0.3, -0.25) is 14.8 Å². The average Bonchev–Trinajstić information content (AvgIpc) is 2.81. The molecule has 0 N–H and O–H groups in total. The first-order valence-electron chi connectivity index (χ1n) is 5.93. The summed E-state index contributed by atoms with van der Waals surface area (Å²) in [5.74, 6) is 0. The molecule has 0 spiro atoms. The van der Waals surface area contributed by atoms with Crippen LogP contribution in [-0.4, -0.2) is 14.7 Å². The van der Waals surface area contributed by atoms with Gasteiger partial charge in [-0.25, -0.2) is 0 Å². The summed E-state index contributed by atoms with van der Waals surface area (Å²) < 4.78 is 1.65. The first kappa shape index (κ1) is 12.6. The summed E-state index contributed by atoms with van der Waals surface area (Å²) in [7, 11) is 1.77. The Morgan fingerprint density at radius 3 is 2.55 bits per heavy atom. The minimum atomic E-state index is -0.393. The van der Waals surface area contributed by atoms with Crippen LogP contribution in [0.4, 0.5) is 5.69 Å². The van der Waals surface area contributed by atoms with Crippen molar-refractivity contribution in [3.8, 4) is 11.1 Å². The molecule has 3 rings (SSSR count). The van der Waals surface area contributed by atoms with Crippen LogP contribution in [-0.2, 0) is 7.05 Å². The summed E-state index contributed by atoms with van der Waals surface area (Å²) in [6.07, 6.45) is 1.52. The number of halogens is 1. The zero-order chi connectivity index (χ0) is 14.3. The third-order valence-electron chi connectivity index (χ3n) is 3.23. The number of rotatable bonds is 2. The van der Waals surface area contributed by atoms with E-state index in [1.807, 2.05) is 12.1 Å². The molecule has 0 aliphatic heterocycles. The van der Waals surface area contributed by atoms with Crippen LogP contribution in [0.15, 0.2) is 42.6 Å². The van der Waals surface area contributed by atoms with Crippen LogP contribution >= 0.6 is 11.6 Å². The quantitative estimate of drug-likeness (QED) is 0.532. The minimum Gasteiger partial charge on any atom is -0.267 e. The molecule has 0 radical (unpaired) electrons. The van der Waals surface area contributed by atoms with Gasteiger partial charge in [-0.05, 0) is 23.8 Å². The van der Waals surface area contributed by atoms with Crippen molar-refractivity contribution in [3.63, 3.8) is 0 Å². The van der Waals surface area contributed by atoms with Crippen molar-refractivity contribution >= 4 is 28.2 Å². The number of hydrogen-bond donors (Lipinski definition) is 0. The van der Waals surface area contributed by atoms with Gasteiger partial charge in [0.15, 0.2) is 0 Å². The fourth-order valence-electron chi connectivity index (χ4n) is 2.30. The lowest BCUT2D eigenvalue weighted by atomic mass is 10.0. The number of hydrogen-bond acceptors (Lipinski definition) is 3. The summed E-state index contributed by atoms with van der Waals surface area (Å²) in [6, 6.07) is 10.6. The number of aromatic nitrogens is 2. The highest BCUT2D eigenvalue weighted by molar-refractivity contribution is 6.30. The van der Waals surface area contributed by atoms with Crippen molar-refractivity contribution in [2.45, 2.75) is 0 Å². The van der Waals surface area contributed by atoms with E-state index in [0.717, 1.165) is 16.6 Å². The Morgan fingerprint density at radius 2 is 1.90 bits per heavy atom. The molecule has 0 atom stereocenters. The lowest BCUT2D eigenvalue weighted by molar-refractivity contribution is -0.383. The van der Waals surface area contributed by atoms with Crippen molar-refractivity contribution in [3.05, 3.63) is 57.7 Å². The molecule has 6 heteroatoms. The van der Waals surface area contributed by atoms with Crippen molar-refractivity contribution < 1.29 is 4.92 Å². The van der Waals surface area contributed by atoms with Gasteiger partial charge >= 0.3 is 0 Å². The third-order valence-corrected chi connectivity index (χ3v) is 3.48. The van der Waals surface area contributed by atoms with Crippen LogP contribution < -0.4 is 0 Å². The predicted octanol–water partition coefficient (Wildman–Crippen LogP) is 3.80. The van der Waals surface area contributed by atoms with Crippen LogP contribution in [0.2, 0.25) is 5.02 Å². The number of nitrogens with zero attached hydrogens (tertiary/aromatic N) is 3. The molecule has 1 aromatic heterocycles. The second-order valence-electron chi connectivity index (χ2n) is 4.43.